The maximum absolute atomic E-state index is 12.8. The summed E-state index contributed by atoms with van der Waals surface area (Å²) in [7, 11) is 0. The van der Waals surface area contributed by atoms with E-state index in [1.54, 1.807) is 11.3 Å². The first kappa shape index (κ1) is 22.9. The minimum absolute atomic E-state index is 0. The smallest absolute Gasteiger partial charge is 0.244 e. The highest BCUT2D eigenvalue weighted by Gasteiger charge is 2.22. The molecule has 0 unspecified atom stereocenters. The minimum Gasteiger partial charge on any atom is -0.360 e. The molecular formula is C22H30IN5OS. The third-order valence-corrected chi connectivity index (χ3v) is 6.51. The number of anilines is 1. The fraction of sp³-hybridized carbons (Fsp3) is 0.455. The largest absolute Gasteiger partial charge is 0.360 e. The van der Waals surface area contributed by atoms with Crippen molar-refractivity contribution in [2.45, 2.75) is 19.9 Å². The second kappa shape index (κ2) is 11.0. The summed E-state index contributed by atoms with van der Waals surface area (Å²) in [6.07, 6.45) is 0.927. The van der Waals surface area contributed by atoms with Gasteiger partial charge in [-0.2, -0.15) is 0 Å². The molecule has 0 aliphatic carbocycles. The predicted octanol–water partition coefficient (Wildman–Crippen LogP) is 3.04. The van der Waals surface area contributed by atoms with Gasteiger partial charge in [0.15, 0.2) is 5.96 Å². The van der Waals surface area contributed by atoms with Crippen LogP contribution in [-0.4, -0.2) is 67.5 Å². The quantitative estimate of drug-likeness (QED) is 0.369. The van der Waals surface area contributed by atoms with Gasteiger partial charge in [0.05, 0.1) is 5.00 Å². The predicted molar refractivity (Wildman–Crippen MR) is 135 cm³/mol. The summed E-state index contributed by atoms with van der Waals surface area (Å²) in [5.74, 6) is 0.955. The fourth-order valence-electron chi connectivity index (χ4n) is 3.97. The molecule has 2 aromatic rings. The van der Waals surface area contributed by atoms with Gasteiger partial charge in [-0.3, -0.25) is 4.79 Å². The molecule has 1 aromatic heterocycles. The Morgan fingerprint density at radius 2 is 1.80 bits per heavy atom. The van der Waals surface area contributed by atoms with E-state index in [9.17, 15) is 4.79 Å². The summed E-state index contributed by atoms with van der Waals surface area (Å²) in [6, 6.07) is 12.7. The number of carbonyl (C=O) groups excluding carboxylic acids is 1. The first-order valence-corrected chi connectivity index (χ1v) is 11.3. The molecule has 0 bridgehead atoms. The molecule has 2 aliphatic rings. The lowest BCUT2D eigenvalue weighted by atomic mass is 10.00. The second-order valence-electron chi connectivity index (χ2n) is 7.43. The van der Waals surface area contributed by atoms with Crippen LogP contribution in [0.2, 0.25) is 0 Å². The number of amides is 1. The molecule has 0 saturated carbocycles. The van der Waals surface area contributed by atoms with Crippen LogP contribution in [-0.2, 0) is 17.8 Å². The van der Waals surface area contributed by atoms with Crippen LogP contribution in [0.4, 0.5) is 5.00 Å². The standard InChI is InChI=1S/C22H29N5OS.HI/c1-2-23-22(26-13-11-25(12-14-26)21-8-5-15-29-21)24-16-20(28)27-10-9-18-6-3-4-7-19(18)17-27;/h3-8,15H,2,9-14,16-17H2,1H3,(H,23,24);1H. The third kappa shape index (κ3) is 5.46. The number of fused-ring (bicyclic) bond motifs is 1. The van der Waals surface area contributed by atoms with Crippen LogP contribution in [0.15, 0.2) is 46.8 Å². The van der Waals surface area contributed by atoms with Crippen molar-refractivity contribution in [3.63, 3.8) is 0 Å². The van der Waals surface area contributed by atoms with Gasteiger partial charge >= 0.3 is 0 Å². The molecule has 1 N–H and O–H groups in total. The molecule has 1 aromatic carbocycles. The zero-order chi connectivity index (χ0) is 20.1. The van der Waals surface area contributed by atoms with E-state index in [2.05, 4.69) is 62.7 Å². The molecule has 0 spiro atoms. The monoisotopic (exact) mass is 539 g/mol. The maximum Gasteiger partial charge on any atom is 0.244 e. The lowest BCUT2D eigenvalue weighted by Crippen LogP contribution is -2.52. The van der Waals surface area contributed by atoms with Crippen molar-refractivity contribution in [2.24, 2.45) is 4.99 Å². The number of nitrogens with zero attached hydrogens (tertiary/aromatic N) is 4. The maximum atomic E-state index is 12.8. The minimum atomic E-state index is 0. The summed E-state index contributed by atoms with van der Waals surface area (Å²) >= 11 is 1.79. The normalized spacial score (nSPS) is 16.7. The zero-order valence-corrected chi connectivity index (χ0v) is 20.6. The number of aliphatic imine (C=N–C) groups is 1. The van der Waals surface area contributed by atoms with Crippen LogP contribution in [0.1, 0.15) is 18.1 Å². The summed E-state index contributed by atoms with van der Waals surface area (Å²) in [5.41, 5.74) is 2.62. The topological polar surface area (TPSA) is 51.2 Å². The van der Waals surface area contributed by atoms with Gasteiger partial charge in [0.25, 0.3) is 0 Å². The number of benzene rings is 1. The Hall–Kier alpha value is -1.81. The molecule has 0 radical (unpaired) electrons. The molecule has 162 valence electrons. The number of hydrogen-bond donors (Lipinski definition) is 1. The molecule has 2 aliphatic heterocycles. The summed E-state index contributed by atoms with van der Waals surface area (Å²) in [6.45, 7) is 8.32. The number of hydrogen-bond acceptors (Lipinski definition) is 4. The van der Waals surface area contributed by atoms with E-state index in [-0.39, 0.29) is 36.4 Å². The van der Waals surface area contributed by atoms with Crippen LogP contribution >= 0.6 is 35.3 Å². The highest BCUT2D eigenvalue weighted by atomic mass is 127. The van der Waals surface area contributed by atoms with E-state index in [1.807, 2.05) is 11.0 Å². The Bertz CT molecular complexity index is 849. The first-order chi connectivity index (χ1) is 14.2. The van der Waals surface area contributed by atoms with E-state index in [4.69, 9.17) is 0 Å². The zero-order valence-electron chi connectivity index (χ0n) is 17.4. The van der Waals surface area contributed by atoms with Crippen molar-refractivity contribution >= 4 is 52.2 Å². The van der Waals surface area contributed by atoms with Crippen LogP contribution in [0.3, 0.4) is 0 Å². The Kier molecular flexibility index (Phi) is 8.38. The summed E-state index contributed by atoms with van der Waals surface area (Å²) < 4.78 is 0. The van der Waals surface area contributed by atoms with E-state index in [0.717, 1.165) is 51.6 Å². The summed E-state index contributed by atoms with van der Waals surface area (Å²) in [4.78, 5) is 24.1. The van der Waals surface area contributed by atoms with Crippen molar-refractivity contribution in [1.82, 2.24) is 15.1 Å². The van der Waals surface area contributed by atoms with Gasteiger partial charge in [-0.25, -0.2) is 4.99 Å². The van der Waals surface area contributed by atoms with Gasteiger partial charge in [-0.1, -0.05) is 24.3 Å². The molecule has 1 saturated heterocycles. The number of carbonyl (C=O) groups is 1. The van der Waals surface area contributed by atoms with Gasteiger partial charge in [-0.15, -0.1) is 35.3 Å². The van der Waals surface area contributed by atoms with E-state index >= 15 is 0 Å². The van der Waals surface area contributed by atoms with Crippen molar-refractivity contribution < 1.29 is 4.79 Å². The van der Waals surface area contributed by atoms with Crippen LogP contribution < -0.4 is 10.2 Å². The lowest BCUT2D eigenvalue weighted by Gasteiger charge is -2.37. The average molecular weight is 539 g/mol. The molecule has 4 rings (SSSR count). The highest BCUT2D eigenvalue weighted by molar-refractivity contribution is 14.0. The fourth-order valence-corrected chi connectivity index (χ4v) is 4.75. The Labute approximate surface area is 200 Å². The van der Waals surface area contributed by atoms with Gasteiger partial charge in [0, 0.05) is 45.8 Å². The molecule has 30 heavy (non-hydrogen) atoms. The third-order valence-electron chi connectivity index (χ3n) is 5.58. The van der Waals surface area contributed by atoms with Crippen molar-refractivity contribution in [3.8, 4) is 0 Å². The van der Waals surface area contributed by atoms with Crippen molar-refractivity contribution in [2.75, 3.05) is 50.7 Å². The molecule has 1 amide bonds. The number of rotatable bonds is 4. The molecule has 3 heterocycles. The van der Waals surface area contributed by atoms with Crippen LogP contribution in [0.5, 0.6) is 0 Å². The first-order valence-electron chi connectivity index (χ1n) is 10.4. The second-order valence-corrected chi connectivity index (χ2v) is 8.36. The number of nitrogens with one attached hydrogen (secondary N) is 1. The van der Waals surface area contributed by atoms with E-state index < -0.39 is 0 Å². The van der Waals surface area contributed by atoms with Crippen molar-refractivity contribution in [1.29, 1.82) is 0 Å². The molecule has 1 fully saturated rings. The highest BCUT2D eigenvalue weighted by Crippen LogP contribution is 2.22. The summed E-state index contributed by atoms with van der Waals surface area (Å²) in [5, 5.41) is 6.81. The average Bonchev–Trinajstić information content (AvgIpc) is 3.31. The lowest BCUT2D eigenvalue weighted by molar-refractivity contribution is -0.130. The van der Waals surface area contributed by atoms with Crippen LogP contribution in [0, 0.1) is 0 Å². The van der Waals surface area contributed by atoms with Gasteiger partial charge in [0.2, 0.25) is 5.91 Å². The van der Waals surface area contributed by atoms with Gasteiger partial charge < -0.3 is 20.0 Å². The molecular weight excluding hydrogens is 509 g/mol. The van der Waals surface area contributed by atoms with Gasteiger partial charge in [-0.05, 0) is 42.0 Å². The number of guanidine groups is 1. The molecule has 6 nitrogen and oxygen atoms in total. The number of halogens is 1. The Morgan fingerprint density at radius 3 is 2.50 bits per heavy atom. The van der Waals surface area contributed by atoms with Crippen LogP contribution in [0.25, 0.3) is 0 Å². The Balaban J connectivity index is 0.00000256. The van der Waals surface area contributed by atoms with E-state index in [1.165, 1.54) is 16.1 Å². The number of piperazine rings is 1. The van der Waals surface area contributed by atoms with Gasteiger partial charge in [0.1, 0.15) is 6.54 Å². The van der Waals surface area contributed by atoms with E-state index in [0.29, 0.717) is 6.54 Å². The molecule has 8 heteroatoms. The van der Waals surface area contributed by atoms with Crippen molar-refractivity contribution in [3.05, 3.63) is 52.9 Å². The SMILES string of the molecule is CCNC(=NCC(=O)N1CCc2ccccc2C1)N1CCN(c2cccs2)CC1.I. The Morgan fingerprint density at radius 1 is 1.03 bits per heavy atom. The number of thiophene rings is 1. The molecule has 0 atom stereocenters.